The number of nitrogens with zero attached hydrogens (tertiary/aromatic N) is 1. The Morgan fingerprint density at radius 1 is 1.39 bits per heavy atom. The molecule has 1 N–H and O–H groups in total. The average Bonchev–Trinajstić information content (AvgIpc) is 2.29. The van der Waals surface area contributed by atoms with Crippen LogP contribution in [0.3, 0.4) is 0 Å². The molecule has 0 aromatic heterocycles. The number of hydrogen-bond acceptors (Lipinski definition) is 2. The second-order valence-electron chi connectivity index (χ2n) is 5.31. The van der Waals surface area contributed by atoms with Crippen LogP contribution in [0, 0.1) is 5.92 Å². The number of hydrogen-bond donors (Lipinski definition) is 1. The van der Waals surface area contributed by atoms with E-state index in [1.54, 1.807) is 0 Å². The molecule has 2 atom stereocenters. The molecule has 0 aromatic carbocycles. The summed E-state index contributed by atoms with van der Waals surface area (Å²) in [4.78, 5) is 0. The summed E-state index contributed by atoms with van der Waals surface area (Å²) in [5.41, 5.74) is -0.306. The molecule has 6 heteroatoms. The molecule has 0 bridgehead atoms. The SMILES string of the molecule is CCN(CC)S(=O)(=O)NC1(CBr)CCCC(C)C1. The number of halogens is 1. The fraction of sp³-hybridized carbons (Fsp3) is 1.00. The van der Waals surface area contributed by atoms with Gasteiger partial charge in [-0.3, -0.25) is 0 Å². The van der Waals surface area contributed by atoms with Gasteiger partial charge in [-0.25, -0.2) is 0 Å². The van der Waals surface area contributed by atoms with Crippen LogP contribution in [0.2, 0.25) is 0 Å². The molecule has 2 unspecified atom stereocenters. The largest absolute Gasteiger partial charge is 0.279 e. The lowest BCUT2D eigenvalue weighted by Crippen LogP contribution is -2.56. The molecule has 0 aromatic rings. The zero-order valence-corrected chi connectivity index (χ0v) is 14.0. The molecule has 18 heavy (non-hydrogen) atoms. The summed E-state index contributed by atoms with van der Waals surface area (Å²) >= 11 is 3.50. The predicted octanol–water partition coefficient (Wildman–Crippen LogP) is 2.51. The van der Waals surface area contributed by atoms with E-state index in [-0.39, 0.29) is 5.54 Å². The molecule has 0 aliphatic heterocycles. The minimum atomic E-state index is -3.36. The third kappa shape index (κ3) is 3.92. The predicted molar refractivity (Wildman–Crippen MR) is 79.1 cm³/mol. The third-order valence-corrected chi connectivity index (χ3v) is 6.70. The van der Waals surface area contributed by atoms with Crippen molar-refractivity contribution in [3.8, 4) is 0 Å². The van der Waals surface area contributed by atoms with Crippen LogP contribution in [0.5, 0.6) is 0 Å². The summed E-state index contributed by atoms with van der Waals surface area (Å²) in [6.07, 6.45) is 4.12. The highest BCUT2D eigenvalue weighted by Crippen LogP contribution is 2.34. The van der Waals surface area contributed by atoms with Crippen molar-refractivity contribution in [3.05, 3.63) is 0 Å². The van der Waals surface area contributed by atoms with Gasteiger partial charge in [-0.15, -0.1) is 0 Å². The lowest BCUT2D eigenvalue weighted by atomic mass is 9.78. The highest BCUT2D eigenvalue weighted by atomic mass is 79.9. The van der Waals surface area contributed by atoms with Gasteiger partial charge in [0.05, 0.1) is 0 Å². The molecule has 108 valence electrons. The fourth-order valence-corrected chi connectivity index (χ4v) is 5.25. The van der Waals surface area contributed by atoms with Gasteiger partial charge in [-0.05, 0) is 18.8 Å². The minimum Gasteiger partial charge on any atom is -0.195 e. The standard InChI is InChI=1S/C12H25BrN2O2S/c1-4-15(5-2)18(16,17)14-12(10-13)8-6-7-11(3)9-12/h11,14H,4-10H2,1-3H3. The minimum absolute atomic E-state index is 0.306. The Morgan fingerprint density at radius 3 is 2.44 bits per heavy atom. The van der Waals surface area contributed by atoms with E-state index in [2.05, 4.69) is 27.6 Å². The van der Waals surface area contributed by atoms with Crippen molar-refractivity contribution >= 4 is 26.1 Å². The van der Waals surface area contributed by atoms with Gasteiger partial charge >= 0.3 is 0 Å². The van der Waals surface area contributed by atoms with Gasteiger partial charge in [0, 0.05) is 24.0 Å². The van der Waals surface area contributed by atoms with Crippen molar-refractivity contribution in [1.29, 1.82) is 0 Å². The zero-order valence-electron chi connectivity index (χ0n) is 11.6. The van der Waals surface area contributed by atoms with Gasteiger partial charge in [0.25, 0.3) is 10.2 Å². The van der Waals surface area contributed by atoms with Crippen LogP contribution in [0.25, 0.3) is 0 Å². The summed E-state index contributed by atoms with van der Waals surface area (Å²) in [5, 5.41) is 0.685. The van der Waals surface area contributed by atoms with E-state index >= 15 is 0 Å². The topological polar surface area (TPSA) is 49.4 Å². The molecule has 4 nitrogen and oxygen atoms in total. The molecule has 1 rings (SSSR count). The van der Waals surface area contributed by atoms with Crippen molar-refractivity contribution < 1.29 is 8.42 Å². The van der Waals surface area contributed by atoms with Crippen molar-refractivity contribution in [2.45, 2.75) is 52.0 Å². The summed E-state index contributed by atoms with van der Waals surface area (Å²) < 4.78 is 29.1. The van der Waals surface area contributed by atoms with Crippen LogP contribution < -0.4 is 4.72 Å². The van der Waals surface area contributed by atoms with E-state index in [0.29, 0.717) is 24.3 Å². The number of rotatable bonds is 6. The molecule has 1 fully saturated rings. The number of alkyl halides is 1. The summed E-state index contributed by atoms with van der Waals surface area (Å²) in [7, 11) is -3.36. The van der Waals surface area contributed by atoms with Gasteiger partial charge in [-0.1, -0.05) is 49.5 Å². The molecule has 0 amide bonds. The molecule has 0 heterocycles. The highest BCUT2D eigenvalue weighted by Gasteiger charge is 2.38. The first kappa shape index (κ1) is 16.4. The summed E-state index contributed by atoms with van der Waals surface area (Å²) in [6, 6.07) is 0. The Kier molecular flexibility index (Phi) is 6.09. The number of nitrogens with one attached hydrogen (secondary N) is 1. The summed E-state index contributed by atoms with van der Waals surface area (Å²) in [5.74, 6) is 0.579. The second kappa shape index (κ2) is 6.68. The first-order valence-electron chi connectivity index (χ1n) is 6.74. The molecule has 1 aliphatic rings. The van der Waals surface area contributed by atoms with Crippen molar-refractivity contribution in [2.75, 3.05) is 18.4 Å². The quantitative estimate of drug-likeness (QED) is 0.755. The fourth-order valence-electron chi connectivity index (χ4n) is 2.80. The Hall–Kier alpha value is 0.350. The van der Waals surface area contributed by atoms with E-state index in [9.17, 15) is 8.42 Å². The molecule has 0 spiro atoms. The van der Waals surface area contributed by atoms with Crippen LogP contribution in [0.15, 0.2) is 0 Å². The van der Waals surface area contributed by atoms with E-state index in [1.807, 2.05) is 13.8 Å². The van der Waals surface area contributed by atoms with Gasteiger partial charge in [0.1, 0.15) is 0 Å². The normalized spacial score (nSPS) is 29.7. The van der Waals surface area contributed by atoms with Gasteiger partial charge in [0.2, 0.25) is 0 Å². The van der Waals surface area contributed by atoms with Crippen molar-refractivity contribution in [1.82, 2.24) is 9.03 Å². The lowest BCUT2D eigenvalue weighted by molar-refractivity contribution is 0.237. The first-order valence-corrected chi connectivity index (χ1v) is 9.30. The maximum Gasteiger partial charge on any atom is 0.279 e. The first-order chi connectivity index (χ1) is 8.39. The van der Waals surface area contributed by atoms with Crippen molar-refractivity contribution in [3.63, 3.8) is 0 Å². The Balaban J connectivity index is 2.85. The van der Waals surface area contributed by atoms with Crippen LogP contribution in [-0.4, -0.2) is 36.7 Å². The van der Waals surface area contributed by atoms with E-state index in [0.717, 1.165) is 19.3 Å². The maximum absolute atomic E-state index is 12.3. The zero-order chi connectivity index (χ0) is 13.8. The van der Waals surface area contributed by atoms with E-state index < -0.39 is 10.2 Å². The lowest BCUT2D eigenvalue weighted by Gasteiger charge is -2.40. The Bertz CT molecular complexity index is 357. The van der Waals surface area contributed by atoms with Crippen LogP contribution in [-0.2, 0) is 10.2 Å². The third-order valence-electron chi connectivity index (χ3n) is 3.74. The average molecular weight is 341 g/mol. The maximum atomic E-state index is 12.3. The van der Waals surface area contributed by atoms with E-state index in [4.69, 9.17) is 0 Å². The molecule has 0 radical (unpaired) electrons. The Morgan fingerprint density at radius 2 is 2.00 bits per heavy atom. The molecule has 0 saturated heterocycles. The molecular weight excluding hydrogens is 316 g/mol. The van der Waals surface area contributed by atoms with Crippen LogP contribution in [0.1, 0.15) is 46.5 Å². The van der Waals surface area contributed by atoms with Crippen molar-refractivity contribution in [2.24, 2.45) is 5.92 Å². The van der Waals surface area contributed by atoms with Crippen LogP contribution >= 0.6 is 15.9 Å². The smallest absolute Gasteiger partial charge is 0.195 e. The van der Waals surface area contributed by atoms with Gasteiger partial charge < -0.3 is 0 Å². The molecular formula is C12H25BrN2O2S. The van der Waals surface area contributed by atoms with Gasteiger partial charge in [0.15, 0.2) is 0 Å². The highest BCUT2D eigenvalue weighted by molar-refractivity contribution is 9.09. The van der Waals surface area contributed by atoms with E-state index in [1.165, 1.54) is 10.7 Å². The van der Waals surface area contributed by atoms with Crippen LogP contribution in [0.4, 0.5) is 0 Å². The summed E-state index contributed by atoms with van der Waals surface area (Å²) in [6.45, 7) is 6.96. The Labute approximate surface area is 120 Å². The molecule has 1 saturated carbocycles. The second-order valence-corrected chi connectivity index (χ2v) is 7.54. The monoisotopic (exact) mass is 340 g/mol. The van der Waals surface area contributed by atoms with Gasteiger partial charge in [-0.2, -0.15) is 17.4 Å². The molecule has 1 aliphatic carbocycles.